The van der Waals surface area contributed by atoms with E-state index in [-0.39, 0.29) is 11.8 Å². The number of nitrogens with two attached hydrogens (primary N) is 1. The summed E-state index contributed by atoms with van der Waals surface area (Å²) < 4.78 is 15.2. The number of rotatable bonds is 2. The lowest BCUT2D eigenvalue weighted by atomic mass is 10.0. The SMILES string of the molecule is Cn1cnc2ccc(-c3cnc(N)nc3-c3ccc(F)cc3)cc21. The van der Waals surface area contributed by atoms with Crippen molar-refractivity contribution in [3.63, 3.8) is 0 Å². The fourth-order valence-electron chi connectivity index (χ4n) is 2.73. The smallest absolute Gasteiger partial charge is 0.220 e. The largest absolute Gasteiger partial charge is 0.368 e. The van der Waals surface area contributed by atoms with Crippen molar-refractivity contribution in [2.75, 3.05) is 5.73 Å². The quantitative estimate of drug-likeness (QED) is 0.614. The topological polar surface area (TPSA) is 69.6 Å². The summed E-state index contributed by atoms with van der Waals surface area (Å²) >= 11 is 0. The van der Waals surface area contributed by atoms with Gasteiger partial charge in [0.2, 0.25) is 5.95 Å². The first-order valence-electron chi connectivity index (χ1n) is 7.42. The number of fused-ring (bicyclic) bond motifs is 1. The maximum Gasteiger partial charge on any atom is 0.220 e. The Balaban J connectivity index is 1.93. The molecule has 0 radical (unpaired) electrons. The number of hydrogen-bond donors (Lipinski definition) is 1. The van der Waals surface area contributed by atoms with E-state index in [2.05, 4.69) is 15.0 Å². The highest BCUT2D eigenvalue weighted by Gasteiger charge is 2.12. The summed E-state index contributed by atoms with van der Waals surface area (Å²) in [4.78, 5) is 12.8. The van der Waals surface area contributed by atoms with Crippen LogP contribution in [0.2, 0.25) is 0 Å². The summed E-state index contributed by atoms with van der Waals surface area (Å²) in [5.74, 6) is -0.113. The first-order valence-corrected chi connectivity index (χ1v) is 7.42. The molecule has 118 valence electrons. The van der Waals surface area contributed by atoms with E-state index in [0.717, 1.165) is 27.7 Å². The highest BCUT2D eigenvalue weighted by Crippen LogP contribution is 2.32. The van der Waals surface area contributed by atoms with Gasteiger partial charge in [0.25, 0.3) is 0 Å². The van der Waals surface area contributed by atoms with Crippen LogP contribution >= 0.6 is 0 Å². The standard InChI is InChI=1S/C18H14FN5/c1-24-10-22-15-7-4-12(8-16(15)24)14-9-21-18(20)23-17(14)11-2-5-13(19)6-3-11/h2-10H,1H3,(H2,20,21,23). The zero-order valence-corrected chi connectivity index (χ0v) is 12.9. The van der Waals surface area contributed by atoms with Gasteiger partial charge in [-0.3, -0.25) is 0 Å². The van der Waals surface area contributed by atoms with Gasteiger partial charge in [-0.25, -0.2) is 19.3 Å². The van der Waals surface area contributed by atoms with Crippen LogP contribution in [0.15, 0.2) is 55.0 Å². The van der Waals surface area contributed by atoms with E-state index in [0.29, 0.717) is 5.69 Å². The summed E-state index contributed by atoms with van der Waals surface area (Å²) in [6.45, 7) is 0. The number of halogens is 1. The van der Waals surface area contributed by atoms with Gasteiger partial charge in [-0.2, -0.15) is 0 Å². The molecule has 2 heterocycles. The summed E-state index contributed by atoms with van der Waals surface area (Å²) in [5, 5.41) is 0. The molecule has 4 rings (SSSR count). The number of nitrogens with zero attached hydrogens (tertiary/aromatic N) is 4. The molecule has 24 heavy (non-hydrogen) atoms. The lowest BCUT2D eigenvalue weighted by molar-refractivity contribution is 0.628. The van der Waals surface area contributed by atoms with Crippen LogP contribution in [0.4, 0.5) is 10.3 Å². The van der Waals surface area contributed by atoms with Gasteiger partial charge in [0.15, 0.2) is 0 Å². The molecule has 0 fully saturated rings. The van der Waals surface area contributed by atoms with Crippen LogP contribution in [0.3, 0.4) is 0 Å². The molecule has 6 heteroatoms. The van der Waals surface area contributed by atoms with Gasteiger partial charge in [-0.15, -0.1) is 0 Å². The van der Waals surface area contributed by atoms with Crippen molar-refractivity contribution in [3.8, 4) is 22.4 Å². The van der Waals surface area contributed by atoms with Crippen molar-refractivity contribution in [2.45, 2.75) is 0 Å². The van der Waals surface area contributed by atoms with Gasteiger partial charge in [0.1, 0.15) is 5.82 Å². The fraction of sp³-hybridized carbons (Fsp3) is 0.0556. The molecule has 0 aliphatic heterocycles. The lowest BCUT2D eigenvalue weighted by Crippen LogP contribution is -1.99. The Morgan fingerprint density at radius 1 is 1.00 bits per heavy atom. The van der Waals surface area contributed by atoms with Crippen LogP contribution < -0.4 is 5.73 Å². The average molecular weight is 319 g/mol. The van der Waals surface area contributed by atoms with E-state index in [1.807, 2.05) is 29.8 Å². The molecule has 0 aliphatic rings. The molecule has 2 aromatic heterocycles. The average Bonchev–Trinajstić information content (AvgIpc) is 2.96. The normalized spacial score (nSPS) is 11.1. The van der Waals surface area contributed by atoms with E-state index < -0.39 is 0 Å². The third kappa shape index (κ3) is 2.38. The molecule has 0 atom stereocenters. The summed E-state index contributed by atoms with van der Waals surface area (Å²) in [5.41, 5.74) is 10.9. The molecule has 0 aliphatic carbocycles. The molecule has 0 unspecified atom stereocenters. The van der Waals surface area contributed by atoms with Crippen molar-refractivity contribution in [2.24, 2.45) is 7.05 Å². The van der Waals surface area contributed by atoms with Gasteiger partial charge in [0.05, 0.1) is 23.1 Å². The first-order chi connectivity index (χ1) is 11.6. The monoisotopic (exact) mass is 319 g/mol. The number of imidazole rings is 1. The van der Waals surface area contributed by atoms with Crippen LogP contribution in [0.1, 0.15) is 0 Å². The highest BCUT2D eigenvalue weighted by molar-refractivity contribution is 5.87. The lowest BCUT2D eigenvalue weighted by Gasteiger charge is -2.10. The van der Waals surface area contributed by atoms with Gasteiger partial charge in [0, 0.05) is 24.4 Å². The van der Waals surface area contributed by atoms with Gasteiger partial charge in [-0.1, -0.05) is 6.07 Å². The molecule has 0 amide bonds. The van der Waals surface area contributed by atoms with Gasteiger partial charge in [-0.05, 0) is 42.0 Å². The van der Waals surface area contributed by atoms with Crippen LogP contribution in [0.25, 0.3) is 33.4 Å². The third-order valence-electron chi connectivity index (χ3n) is 3.96. The van der Waals surface area contributed by atoms with Gasteiger partial charge < -0.3 is 10.3 Å². The Morgan fingerprint density at radius 2 is 1.75 bits per heavy atom. The molecule has 5 nitrogen and oxygen atoms in total. The number of hydrogen-bond acceptors (Lipinski definition) is 4. The second-order valence-electron chi connectivity index (χ2n) is 5.56. The number of anilines is 1. The number of aryl methyl sites for hydroxylation is 1. The van der Waals surface area contributed by atoms with Crippen molar-refractivity contribution < 1.29 is 4.39 Å². The summed E-state index contributed by atoms with van der Waals surface area (Å²) in [6.07, 6.45) is 3.47. The van der Waals surface area contributed by atoms with Crippen LogP contribution in [0, 0.1) is 5.82 Å². The second-order valence-corrected chi connectivity index (χ2v) is 5.56. The van der Waals surface area contributed by atoms with E-state index in [9.17, 15) is 4.39 Å². The third-order valence-corrected chi connectivity index (χ3v) is 3.96. The Morgan fingerprint density at radius 3 is 2.54 bits per heavy atom. The minimum atomic E-state index is -0.293. The van der Waals surface area contributed by atoms with Crippen molar-refractivity contribution in [3.05, 3.63) is 60.8 Å². The Labute approximate surface area is 137 Å². The van der Waals surface area contributed by atoms with Crippen LogP contribution in [0.5, 0.6) is 0 Å². The van der Waals surface area contributed by atoms with Crippen molar-refractivity contribution in [1.29, 1.82) is 0 Å². The molecule has 0 saturated carbocycles. The fourth-order valence-corrected chi connectivity index (χ4v) is 2.73. The summed E-state index contributed by atoms with van der Waals surface area (Å²) in [7, 11) is 1.94. The minimum Gasteiger partial charge on any atom is -0.368 e. The van der Waals surface area contributed by atoms with Crippen molar-refractivity contribution in [1.82, 2.24) is 19.5 Å². The number of nitrogen functional groups attached to an aromatic ring is 1. The predicted molar refractivity (Wildman–Crippen MR) is 91.5 cm³/mol. The minimum absolute atomic E-state index is 0.180. The second kappa shape index (κ2) is 5.42. The Hall–Kier alpha value is -3.28. The van der Waals surface area contributed by atoms with E-state index in [4.69, 9.17) is 5.73 Å². The predicted octanol–water partition coefficient (Wildman–Crippen LogP) is 3.42. The van der Waals surface area contributed by atoms with Crippen molar-refractivity contribution >= 4 is 17.0 Å². The number of aromatic nitrogens is 4. The molecule has 0 bridgehead atoms. The molecular formula is C18H14FN5. The van der Waals surface area contributed by atoms with E-state index in [1.54, 1.807) is 24.7 Å². The highest BCUT2D eigenvalue weighted by atomic mass is 19.1. The number of benzene rings is 2. The van der Waals surface area contributed by atoms with Gasteiger partial charge >= 0.3 is 0 Å². The van der Waals surface area contributed by atoms with Crippen LogP contribution in [-0.4, -0.2) is 19.5 Å². The van der Waals surface area contributed by atoms with Crippen LogP contribution in [-0.2, 0) is 7.05 Å². The molecule has 2 aromatic carbocycles. The zero-order valence-electron chi connectivity index (χ0n) is 12.9. The van der Waals surface area contributed by atoms with E-state index in [1.165, 1.54) is 12.1 Å². The molecule has 0 spiro atoms. The molecule has 4 aromatic rings. The zero-order chi connectivity index (χ0) is 16.7. The summed E-state index contributed by atoms with van der Waals surface area (Å²) in [6, 6.07) is 12.1. The molecular weight excluding hydrogens is 305 g/mol. The Bertz CT molecular complexity index is 1040. The maximum atomic E-state index is 13.2. The van der Waals surface area contributed by atoms with E-state index >= 15 is 0 Å². The Kier molecular flexibility index (Phi) is 3.23. The molecule has 0 saturated heterocycles. The maximum absolute atomic E-state index is 13.2. The molecule has 2 N–H and O–H groups in total. The first kappa shape index (κ1) is 14.3.